The standard InChI is InChI=1S/C13H28N2/c1-13(2,3)8-9-15-10-11-4-6-12(14)7-5-11/h11-12,15H,4-10,14H2,1-3H3. The molecule has 0 spiro atoms. The third kappa shape index (κ3) is 6.16. The maximum absolute atomic E-state index is 5.89. The number of hydrogen-bond acceptors (Lipinski definition) is 2. The first-order chi connectivity index (χ1) is 6.97. The fraction of sp³-hybridized carbons (Fsp3) is 1.00. The van der Waals surface area contributed by atoms with Gasteiger partial charge in [0.15, 0.2) is 0 Å². The second-order valence-corrected chi connectivity index (χ2v) is 6.30. The zero-order valence-corrected chi connectivity index (χ0v) is 10.7. The van der Waals surface area contributed by atoms with E-state index < -0.39 is 0 Å². The van der Waals surface area contributed by atoms with Gasteiger partial charge in [-0.1, -0.05) is 20.8 Å². The lowest BCUT2D eigenvalue weighted by atomic mass is 9.86. The van der Waals surface area contributed by atoms with Gasteiger partial charge in [0, 0.05) is 6.04 Å². The van der Waals surface area contributed by atoms with Crippen LogP contribution in [0.4, 0.5) is 0 Å². The summed E-state index contributed by atoms with van der Waals surface area (Å²) in [5.74, 6) is 0.879. The van der Waals surface area contributed by atoms with Gasteiger partial charge < -0.3 is 11.1 Å². The fourth-order valence-electron chi connectivity index (χ4n) is 2.16. The molecule has 1 saturated carbocycles. The first-order valence-electron chi connectivity index (χ1n) is 6.44. The summed E-state index contributed by atoms with van der Waals surface area (Å²) in [5, 5.41) is 3.59. The molecule has 0 saturated heterocycles. The van der Waals surface area contributed by atoms with Crippen LogP contribution in [0, 0.1) is 11.3 Å². The molecule has 0 aromatic rings. The van der Waals surface area contributed by atoms with Crippen LogP contribution in [0.2, 0.25) is 0 Å². The smallest absolute Gasteiger partial charge is 0.00390 e. The molecule has 1 aliphatic rings. The number of nitrogens with two attached hydrogens (primary N) is 1. The van der Waals surface area contributed by atoms with E-state index in [4.69, 9.17) is 5.73 Å². The van der Waals surface area contributed by atoms with Gasteiger partial charge in [0.25, 0.3) is 0 Å². The van der Waals surface area contributed by atoms with E-state index >= 15 is 0 Å². The fourth-order valence-corrected chi connectivity index (χ4v) is 2.16. The van der Waals surface area contributed by atoms with E-state index in [0.29, 0.717) is 11.5 Å². The molecule has 3 N–H and O–H groups in total. The molecule has 2 heteroatoms. The second-order valence-electron chi connectivity index (χ2n) is 6.30. The molecule has 0 bridgehead atoms. The average Bonchev–Trinajstić information content (AvgIpc) is 2.14. The summed E-state index contributed by atoms with van der Waals surface area (Å²) in [5.41, 5.74) is 6.35. The molecule has 2 nitrogen and oxygen atoms in total. The Morgan fingerprint density at radius 3 is 2.27 bits per heavy atom. The molecule has 90 valence electrons. The monoisotopic (exact) mass is 212 g/mol. The van der Waals surface area contributed by atoms with Crippen molar-refractivity contribution in [1.29, 1.82) is 0 Å². The molecule has 0 heterocycles. The summed E-state index contributed by atoms with van der Waals surface area (Å²) in [6.07, 6.45) is 6.36. The average molecular weight is 212 g/mol. The molecule has 0 aromatic carbocycles. The van der Waals surface area contributed by atoms with E-state index in [1.54, 1.807) is 0 Å². The first kappa shape index (κ1) is 13.0. The third-order valence-electron chi connectivity index (χ3n) is 3.38. The van der Waals surface area contributed by atoms with Crippen LogP contribution in [0.1, 0.15) is 52.9 Å². The van der Waals surface area contributed by atoms with Crippen molar-refractivity contribution in [2.75, 3.05) is 13.1 Å². The maximum atomic E-state index is 5.89. The Morgan fingerprint density at radius 2 is 1.73 bits per heavy atom. The number of rotatable bonds is 4. The second kappa shape index (κ2) is 5.86. The van der Waals surface area contributed by atoms with Gasteiger partial charge in [0.05, 0.1) is 0 Å². The topological polar surface area (TPSA) is 38.0 Å². The van der Waals surface area contributed by atoms with Crippen molar-refractivity contribution < 1.29 is 0 Å². The molecule has 0 unspecified atom stereocenters. The largest absolute Gasteiger partial charge is 0.328 e. The van der Waals surface area contributed by atoms with Crippen LogP contribution in [-0.4, -0.2) is 19.1 Å². The molecule has 1 rings (SSSR count). The minimum Gasteiger partial charge on any atom is -0.328 e. The maximum Gasteiger partial charge on any atom is 0.00390 e. The van der Waals surface area contributed by atoms with Gasteiger partial charge in [0.1, 0.15) is 0 Å². The van der Waals surface area contributed by atoms with Gasteiger partial charge in [-0.3, -0.25) is 0 Å². The van der Waals surface area contributed by atoms with Crippen molar-refractivity contribution >= 4 is 0 Å². The lowest BCUT2D eigenvalue weighted by Crippen LogP contribution is -2.32. The highest BCUT2D eigenvalue weighted by molar-refractivity contribution is 4.75. The first-order valence-corrected chi connectivity index (χ1v) is 6.44. The predicted octanol–water partition coefficient (Wildman–Crippen LogP) is 2.53. The Morgan fingerprint density at radius 1 is 1.13 bits per heavy atom. The minimum atomic E-state index is 0.460. The van der Waals surface area contributed by atoms with Gasteiger partial charge in [-0.15, -0.1) is 0 Å². The van der Waals surface area contributed by atoms with Crippen LogP contribution in [0.15, 0.2) is 0 Å². The van der Waals surface area contributed by atoms with Crippen molar-refractivity contribution in [3.05, 3.63) is 0 Å². The minimum absolute atomic E-state index is 0.460. The molecule has 0 radical (unpaired) electrons. The van der Waals surface area contributed by atoms with E-state index in [9.17, 15) is 0 Å². The normalized spacial score (nSPS) is 28.0. The quantitative estimate of drug-likeness (QED) is 0.703. The summed E-state index contributed by atoms with van der Waals surface area (Å²) in [6.45, 7) is 9.26. The third-order valence-corrected chi connectivity index (χ3v) is 3.38. The van der Waals surface area contributed by atoms with Crippen molar-refractivity contribution in [2.24, 2.45) is 17.1 Å². The molecule has 0 aromatic heterocycles. The Bertz CT molecular complexity index is 164. The summed E-state index contributed by atoms with van der Waals surface area (Å²) in [4.78, 5) is 0. The Hall–Kier alpha value is -0.0800. The summed E-state index contributed by atoms with van der Waals surface area (Å²) >= 11 is 0. The highest BCUT2D eigenvalue weighted by Gasteiger charge is 2.18. The van der Waals surface area contributed by atoms with Gasteiger partial charge in [-0.2, -0.15) is 0 Å². The molecule has 0 amide bonds. The van der Waals surface area contributed by atoms with Crippen LogP contribution in [0.25, 0.3) is 0 Å². The highest BCUT2D eigenvalue weighted by Crippen LogP contribution is 2.22. The molecule has 1 aliphatic carbocycles. The van der Waals surface area contributed by atoms with Crippen molar-refractivity contribution in [2.45, 2.75) is 58.9 Å². The van der Waals surface area contributed by atoms with Gasteiger partial charge in [0.2, 0.25) is 0 Å². The van der Waals surface area contributed by atoms with Crippen LogP contribution >= 0.6 is 0 Å². The van der Waals surface area contributed by atoms with Gasteiger partial charge in [-0.05, 0) is 56.5 Å². The predicted molar refractivity (Wildman–Crippen MR) is 66.9 cm³/mol. The molecule has 0 atom stereocenters. The van der Waals surface area contributed by atoms with Crippen LogP contribution < -0.4 is 11.1 Å². The Balaban J connectivity index is 2.01. The van der Waals surface area contributed by atoms with E-state index in [0.717, 1.165) is 12.5 Å². The highest BCUT2D eigenvalue weighted by atomic mass is 14.9. The SMILES string of the molecule is CC(C)(C)CCNCC1CCC(N)CC1. The molecule has 0 aliphatic heterocycles. The Kier molecular flexibility index (Phi) is 5.07. The van der Waals surface area contributed by atoms with Crippen LogP contribution in [0.3, 0.4) is 0 Å². The number of nitrogens with one attached hydrogen (secondary N) is 1. The van der Waals surface area contributed by atoms with Gasteiger partial charge >= 0.3 is 0 Å². The zero-order chi connectivity index (χ0) is 11.3. The van der Waals surface area contributed by atoms with Crippen LogP contribution in [-0.2, 0) is 0 Å². The van der Waals surface area contributed by atoms with Crippen molar-refractivity contribution in [3.8, 4) is 0 Å². The zero-order valence-electron chi connectivity index (χ0n) is 10.7. The van der Waals surface area contributed by atoms with E-state index in [1.165, 1.54) is 38.6 Å². The summed E-state index contributed by atoms with van der Waals surface area (Å²) < 4.78 is 0. The van der Waals surface area contributed by atoms with E-state index in [-0.39, 0.29) is 0 Å². The molecule has 15 heavy (non-hydrogen) atoms. The summed E-state index contributed by atoms with van der Waals surface area (Å²) in [7, 11) is 0. The van der Waals surface area contributed by atoms with Gasteiger partial charge in [-0.25, -0.2) is 0 Å². The summed E-state index contributed by atoms with van der Waals surface area (Å²) in [6, 6.07) is 0.482. The van der Waals surface area contributed by atoms with Crippen molar-refractivity contribution in [3.63, 3.8) is 0 Å². The lowest BCUT2D eigenvalue weighted by Gasteiger charge is -2.26. The number of hydrogen-bond donors (Lipinski definition) is 2. The molecular weight excluding hydrogens is 184 g/mol. The van der Waals surface area contributed by atoms with E-state index in [1.807, 2.05) is 0 Å². The van der Waals surface area contributed by atoms with Crippen molar-refractivity contribution in [1.82, 2.24) is 5.32 Å². The van der Waals surface area contributed by atoms with Crippen LogP contribution in [0.5, 0.6) is 0 Å². The molecule has 1 fully saturated rings. The molecular formula is C13H28N2. The van der Waals surface area contributed by atoms with E-state index in [2.05, 4.69) is 26.1 Å². The lowest BCUT2D eigenvalue weighted by molar-refractivity contribution is 0.302. The Labute approximate surface area is 95.0 Å².